The molecule has 0 fully saturated rings. The Bertz CT molecular complexity index is 238. The van der Waals surface area contributed by atoms with Crippen LogP contribution in [-0.4, -0.2) is 12.0 Å². The van der Waals surface area contributed by atoms with Gasteiger partial charge in [0.15, 0.2) is 0 Å². The number of carbonyl (C=O) groups excluding carboxylic acids is 1. The van der Waals surface area contributed by atoms with E-state index < -0.39 is 5.43 Å². The van der Waals surface area contributed by atoms with Gasteiger partial charge in [0.1, 0.15) is 6.61 Å². The van der Waals surface area contributed by atoms with Gasteiger partial charge in [0.05, 0.1) is 0 Å². The standard InChI is InChI=1S/C11H17ClO2/c1-9(2)5-4-6-10(3)7-8-14-11(12)13/h5,7H,4,6,8H2,1-3H3/b10-7+. The highest BCUT2D eigenvalue weighted by Crippen LogP contribution is 2.06. The third-order valence-electron chi connectivity index (χ3n) is 1.72. The number of allylic oxidation sites excluding steroid dienone is 3. The summed E-state index contributed by atoms with van der Waals surface area (Å²) in [5.41, 5.74) is 1.78. The predicted octanol–water partition coefficient (Wildman–Crippen LogP) is 4.05. The minimum atomic E-state index is -0.752. The van der Waals surface area contributed by atoms with Gasteiger partial charge in [-0.3, -0.25) is 0 Å². The first-order valence-electron chi connectivity index (χ1n) is 4.63. The van der Waals surface area contributed by atoms with Crippen LogP contribution in [0.2, 0.25) is 0 Å². The van der Waals surface area contributed by atoms with Gasteiger partial charge < -0.3 is 4.74 Å². The van der Waals surface area contributed by atoms with E-state index in [0.717, 1.165) is 12.8 Å². The second-order valence-electron chi connectivity index (χ2n) is 3.42. The summed E-state index contributed by atoms with van der Waals surface area (Å²) in [6, 6.07) is 0. The topological polar surface area (TPSA) is 26.3 Å². The van der Waals surface area contributed by atoms with Gasteiger partial charge in [0, 0.05) is 11.6 Å². The number of rotatable bonds is 5. The minimum Gasteiger partial charge on any atom is -0.449 e. The van der Waals surface area contributed by atoms with Crippen LogP contribution in [0.25, 0.3) is 0 Å². The van der Waals surface area contributed by atoms with Crippen LogP contribution in [-0.2, 0) is 4.74 Å². The quantitative estimate of drug-likeness (QED) is 0.512. The van der Waals surface area contributed by atoms with Crippen molar-refractivity contribution in [2.24, 2.45) is 0 Å². The lowest BCUT2D eigenvalue weighted by atomic mass is 10.1. The molecule has 3 heteroatoms. The highest BCUT2D eigenvalue weighted by atomic mass is 35.5. The van der Waals surface area contributed by atoms with Crippen molar-refractivity contribution in [1.29, 1.82) is 0 Å². The summed E-state index contributed by atoms with van der Waals surface area (Å²) in [7, 11) is 0. The van der Waals surface area contributed by atoms with Crippen LogP contribution in [0.15, 0.2) is 23.3 Å². The van der Waals surface area contributed by atoms with Crippen LogP contribution in [0, 0.1) is 0 Å². The molecule has 0 unspecified atom stereocenters. The van der Waals surface area contributed by atoms with Crippen molar-refractivity contribution in [1.82, 2.24) is 0 Å². The Morgan fingerprint density at radius 1 is 1.29 bits per heavy atom. The fourth-order valence-electron chi connectivity index (χ4n) is 0.940. The van der Waals surface area contributed by atoms with E-state index in [1.165, 1.54) is 11.1 Å². The third-order valence-corrected chi connectivity index (χ3v) is 1.83. The summed E-state index contributed by atoms with van der Waals surface area (Å²) < 4.78 is 4.57. The van der Waals surface area contributed by atoms with Gasteiger partial charge in [-0.2, -0.15) is 0 Å². The molecule has 0 N–H and O–H groups in total. The maximum absolute atomic E-state index is 10.2. The lowest BCUT2D eigenvalue weighted by Gasteiger charge is -1.99. The first kappa shape index (κ1) is 13.2. The Kier molecular flexibility index (Phi) is 7.21. The summed E-state index contributed by atoms with van der Waals surface area (Å²) in [5.74, 6) is 0. The predicted molar refractivity (Wildman–Crippen MR) is 59.6 cm³/mol. The molecule has 0 amide bonds. The van der Waals surface area contributed by atoms with Crippen molar-refractivity contribution in [3.05, 3.63) is 23.3 Å². The van der Waals surface area contributed by atoms with Crippen molar-refractivity contribution >= 4 is 17.0 Å². The zero-order chi connectivity index (χ0) is 11.0. The molecular formula is C11H17ClO2. The van der Waals surface area contributed by atoms with Crippen molar-refractivity contribution in [3.63, 3.8) is 0 Å². The fourth-order valence-corrected chi connectivity index (χ4v) is 1.00. The Morgan fingerprint density at radius 2 is 1.93 bits per heavy atom. The van der Waals surface area contributed by atoms with Gasteiger partial charge in [0.25, 0.3) is 0 Å². The molecule has 0 atom stereocenters. The molecule has 80 valence electrons. The molecule has 0 bridgehead atoms. The van der Waals surface area contributed by atoms with E-state index in [1.807, 2.05) is 13.0 Å². The number of ether oxygens (including phenoxy) is 1. The maximum Gasteiger partial charge on any atom is 0.404 e. The van der Waals surface area contributed by atoms with E-state index in [1.54, 1.807) is 0 Å². The molecular weight excluding hydrogens is 200 g/mol. The Balaban J connectivity index is 3.67. The van der Waals surface area contributed by atoms with Crippen molar-refractivity contribution in [2.45, 2.75) is 33.6 Å². The molecule has 0 saturated heterocycles. The van der Waals surface area contributed by atoms with Crippen LogP contribution >= 0.6 is 11.6 Å². The van der Waals surface area contributed by atoms with Gasteiger partial charge >= 0.3 is 5.43 Å². The average Bonchev–Trinajstić information content (AvgIpc) is 2.02. The van der Waals surface area contributed by atoms with Gasteiger partial charge in [-0.25, -0.2) is 4.79 Å². The molecule has 0 aromatic heterocycles. The van der Waals surface area contributed by atoms with Crippen molar-refractivity contribution < 1.29 is 9.53 Å². The van der Waals surface area contributed by atoms with Crippen LogP contribution in [0.1, 0.15) is 33.6 Å². The molecule has 0 aromatic carbocycles. The SMILES string of the molecule is CC(C)=CCC/C(C)=C/COC(=O)Cl. The van der Waals surface area contributed by atoms with E-state index in [2.05, 4.69) is 24.7 Å². The monoisotopic (exact) mass is 216 g/mol. The Labute approximate surface area is 90.6 Å². The lowest BCUT2D eigenvalue weighted by Crippen LogP contribution is -1.93. The lowest BCUT2D eigenvalue weighted by molar-refractivity contribution is 0.186. The molecule has 0 aliphatic heterocycles. The number of hydrogen-bond acceptors (Lipinski definition) is 2. The second kappa shape index (κ2) is 7.63. The first-order chi connectivity index (χ1) is 6.52. The smallest absolute Gasteiger partial charge is 0.404 e. The zero-order valence-electron chi connectivity index (χ0n) is 8.97. The normalized spacial score (nSPS) is 11.0. The minimum absolute atomic E-state index is 0.267. The maximum atomic E-state index is 10.2. The Morgan fingerprint density at radius 3 is 2.43 bits per heavy atom. The van der Waals surface area contributed by atoms with E-state index in [0.29, 0.717) is 0 Å². The summed E-state index contributed by atoms with van der Waals surface area (Å²) >= 11 is 5.01. The van der Waals surface area contributed by atoms with E-state index in [4.69, 9.17) is 11.6 Å². The average molecular weight is 217 g/mol. The number of halogens is 1. The van der Waals surface area contributed by atoms with Crippen LogP contribution < -0.4 is 0 Å². The zero-order valence-corrected chi connectivity index (χ0v) is 9.73. The Hall–Kier alpha value is -0.760. The van der Waals surface area contributed by atoms with Crippen molar-refractivity contribution in [2.75, 3.05) is 6.61 Å². The molecule has 0 rings (SSSR count). The van der Waals surface area contributed by atoms with Gasteiger partial charge in [0.2, 0.25) is 0 Å². The van der Waals surface area contributed by atoms with Crippen LogP contribution in [0.3, 0.4) is 0 Å². The molecule has 0 aliphatic rings. The molecule has 0 saturated carbocycles. The summed E-state index contributed by atoms with van der Waals surface area (Å²) in [6.07, 6.45) is 6.08. The summed E-state index contributed by atoms with van der Waals surface area (Å²) in [5, 5.41) is 0. The number of carbonyl (C=O) groups is 1. The van der Waals surface area contributed by atoms with Gasteiger partial charge in [-0.1, -0.05) is 17.2 Å². The third kappa shape index (κ3) is 9.33. The first-order valence-corrected chi connectivity index (χ1v) is 5.01. The van der Waals surface area contributed by atoms with Gasteiger partial charge in [-0.15, -0.1) is 0 Å². The largest absolute Gasteiger partial charge is 0.449 e. The second-order valence-corrected chi connectivity index (χ2v) is 3.73. The molecule has 14 heavy (non-hydrogen) atoms. The summed E-state index contributed by atoms with van der Waals surface area (Å²) in [6.45, 7) is 6.44. The molecule has 0 radical (unpaired) electrons. The van der Waals surface area contributed by atoms with E-state index in [9.17, 15) is 4.79 Å². The highest BCUT2D eigenvalue weighted by Gasteiger charge is 1.93. The van der Waals surface area contributed by atoms with Crippen LogP contribution in [0.4, 0.5) is 4.79 Å². The summed E-state index contributed by atoms with van der Waals surface area (Å²) in [4.78, 5) is 10.2. The molecule has 0 aromatic rings. The fraction of sp³-hybridized carbons (Fsp3) is 0.545. The molecule has 2 nitrogen and oxygen atoms in total. The van der Waals surface area contributed by atoms with E-state index >= 15 is 0 Å². The molecule has 0 aliphatic carbocycles. The van der Waals surface area contributed by atoms with Crippen LogP contribution in [0.5, 0.6) is 0 Å². The number of hydrogen-bond donors (Lipinski definition) is 0. The van der Waals surface area contributed by atoms with E-state index in [-0.39, 0.29) is 6.61 Å². The van der Waals surface area contributed by atoms with Crippen molar-refractivity contribution in [3.8, 4) is 0 Å². The highest BCUT2D eigenvalue weighted by molar-refractivity contribution is 6.61. The molecule has 0 heterocycles. The molecule has 0 spiro atoms. The van der Waals surface area contributed by atoms with Gasteiger partial charge in [-0.05, 0) is 39.7 Å².